The molecular formula is C16H20N2O2S. The lowest BCUT2D eigenvalue weighted by Crippen LogP contribution is -2.31. The average molecular weight is 304 g/mol. The minimum absolute atomic E-state index is 0.000970. The van der Waals surface area contributed by atoms with Gasteiger partial charge in [0.1, 0.15) is 5.75 Å². The Hall–Kier alpha value is -2.01. The molecule has 21 heavy (non-hydrogen) atoms. The molecular weight excluding hydrogens is 284 g/mol. The van der Waals surface area contributed by atoms with Gasteiger partial charge in [0, 0.05) is 10.4 Å². The number of hydrogen-bond acceptors (Lipinski definition) is 4. The summed E-state index contributed by atoms with van der Waals surface area (Å²) in [5, 5.41) is 5.10. The van der Waals surface area contributed by atoms with Crippen molar-refractivity contribution in [3.8, 4) is 5.75 Å². The first kappa shape index (κ1) is 15.4. The monoisotopic (exact) mass is 304 g/mol. The van der Waals surface area contributed by atoms with Gasteiger partial charge >= 0.3 is 0 Å². The van der Waals surface area contributed by atoms with Crippen LogP contribution in [0, 0.1) is 5.92 Å². The van der Waals surface area contributed by atoms with E-state index in [4.69, 9.17) is 10.5 Å². The van der Waals surface area contributed by atoms with Crippen molar-refractivity contribution in [2.45, 2.75) is 19.9 Å². The van der Waals surface area contributed by atoms with Crippen LogP contribution in [0.15, 0.2) is 35.7 Å². The minimum Gasteiger partial charge on any atom is -0.495 e. The number of methoxy groups -OCH3 is 1. The Labute approximate surface area is 128 Å². The molecule has 3 N–H and O–H groups in total. The maximum absolute atomic E-state index is 12.4. The first-order valence-electron chi connectivity index (χ1n) is 6.80. The summed E-state index contributed by atoms with van der Waals surface area (Å²) in [6.07, 6.45) is 0. The minimum atomic E-state index is -0.125. The highest BCUT2D eigenvalue weighted by Gasteiger charge is 2.20. The maximum Gasteiger partial charge on any atom is 0.251 e. The molecule has 1 unspecified atom stereocenters. The van der Waals surface area contributed by atoms with Gasteiger partial charge in [-0.05, 0) is 35.6 Å². The fraction of sp³-hybridized carbons (Fsp3) is 0.312. The zero-order chi connectivity index (χ0) is 15.4. The lowest BCUT2D eigenvalue weighted by atomic mass is 10.0. The van der Waals surface area contributed by atoms with E-state index in [9.17, 15) is 4.79 Å². The third-order valence-corrected chi connectivity index (χ3v) is 4.25. The Balaban J connectivity index is 2.20. The van der Waals surface area contributed by atoms with Crippen LogP contribution in [-0.4, -0.2) is 13.0 Å². The van der Waals surface area contributed by atoms with E-state index in [0.717, 1.165) is 4.88 Å². The summed E-state index contributed by atoms with van der Waals surface area (Å²) < 4.78 is 5.16. The molecule has 0 aliphatic rings. The fourth-order valence-electron chi connectivity index (χ4n) is 2.11. The van der Waals surface area contributed by atoms with Crippen LogP contribution >= 0.6 is 11.3 Å². The Bertz CT molecular complexity index is 609. The predicted octanol–water partition coefficient (Wildman–Crippen LogP) is 3.47. The van der Waals surface area contributed by atoms with Crippen LogP contribution in [-0.2, 0) is 0 Å². The second-order valence-corrected chi connectivity index (χ2v) is 6.15. The van der Waals surface area contributed by atoms with Gasteiger partial charge in [0.05, 0.1) is 18.8 Å². The average Bonchev–Trinajstić information content (AvgIpc) is 2.98. The summed E-state index contributed by atoms with van der Waals surface area (Å²) in [6, 6.07) is 9.09. The summed E-state index contributed by atoms with van der Waals surface area (Å²) in [7, 11) is 1.54. The normalized spacial score (nSPS) is 12.2. The van der Waals surface area contributed by atoms with Crippen molar-refractivity contribution >= 4 is 22.9 Å². The van der Waals surface area contributed by atoms with Crippen molar-refractivity contribution in [3.63, 3.8) is 0 Å². The van der Waals surface area contributed by atoms with Gasteiger partial charge in [0.2, 0.25) is 0 Å². The van der Waals surface area contributed by atoms with Crippen molar-refractivity contribution in [2.24, 2.45) is 5.92 Å². The summed E-state index contributed by atoms with van der Waals surface area (Å²) >= 11 is 1.65. The molecule has 1 aromatic carbocycles. The molecule has 0 saturated heterocycles. The van der Waals surface area contributed by atoms with Gasteiger partial charge in [-0.15, -0.1) is 11.3 Å². The van der Waals surface area contributed by atoms with E-state index in [2.05, 4.69) is 19.2 Å². The lowest BCUT2D eigenvalue weighted by molar-refractivity contribution is 0.0926. The van der Waals surface area contributed by atoms with Gasteiger partial charge in [0.15, 0.2) is 0 Å². The zero-order valence-electron chi connectivity index (χ0n) is 12.4. The highest BCUT2D eigenvalue weighted by atomic mass is 32.1. The molecule has 0 aliphatic carbocycles. The third-order valence-electron chi connectivity index (χ3n) is 3.30. The van der Waals surface area contributed by atoms with E-state index in [1.165, 1.54) is 7.11 Å². The van der Waals surface area contributed by atoms with E-state index in [1.807, 2.05) is 17.5 Å². The number of nitrogens with two attached hydrogens (primary N) is 1. The molecule has 0 aliphatic heterocycles. The van der Waals surface area contributed by atoms with Gasteiger partial charge < -0.3 is 15.8 Å². The molecule has 4 nitrogen and oxygen atoms in total. The molecule has 0 radical (unpaired) electrons. The molecule has 2 rings (SSSR count). The van der Waals surface area contributed by atoms with Gasteiger partial charge in [-0.3, -0.25) is 4.79 Å². The van der Waals surface area contributed by atoms with Crippen molar-refractivity contribution < 1.29 is 9.53 Å². The second-order valence-electron chi connectivity index (χ2n) is 5.17. The van der Waals surface area contributed by atoms with E-state index in [1.54, 1.807) is 29.5 Å². The van der Waals surface area contributed by atoms with Crippen LogP contribution in [0.25, 0.3) is 0 Å². The molecule has 1 amide bonds. The van der Waals surface area contributed by atoms with Crippen LogP contribution < -0.4 is 15.8 Å². The number of anilines is 1. The highest BCUT2D eigenvalue weighted by molar-refractivity contribution is 7.10. The predicted molar refractivity (Wildman–Crippen MR) is 86.8 cm³/mol. The largest absolute Gasteiger partial charge is 0.495 e. The number of ether oxygens (including phenoxy) is 1. The van der Waals surface area contributed by atoms with Crippen LogP contribution in [0.5, 0.6) is 5.75 Å². The second kappa shape index (κ2) is 6.63. The highest BCUT2D eigenvalue weighted by Crippen LogP contribution is 2.27. The molecule has 112 valence electrons. The summed E-state index contributed by atoms with van der Waals surface area (Å²) in [6.45, 7) is 4.18. The zero-order valence-corrected chi connectivity index (χ0v) is 13.2. The molecule has 5 heteroatoms. The number of benzene rings is 1. The van der Waals surface area contributed by atoms with Crippen molar-refractivity contribution in [1.82, 2.24) is 5.32 Å². The number of carbonyl (C=O) groups is 1. The summed E-state index contributed by atoms with van der Waals surface area (Å²) in [5.41, 5.74) is 6.84. The smallest absolute Gasteiger partial charge is 0.251 e. The number of rotatable bonds is 5. The topological polar surface area (TPSA) is 64.3 Å². The molecule has 1 aromatic heterocycles. The van der Waals surface area contributed by atoms with E-state index in [-0.39, 0.29) is 11.9 Å². The first-order chi connectivity index (χ1) is 10.0. The summed E-state index contributed by atoms with van der Waals surface area (Å²) in [4.78, 5) is 13.6. The summed E-state index contributed by atoms with van der Waals surface area (Å²) in [5.74, 6) is 0.698. The van der Waals surface area contributed by atoms with Crippen molar-refractivity contribution in [3.05, 3.63) is 46.2 Å². The van der Waals surface area contributed by atoms with Crippen molar-refractivity contribution in [1.29, 1.82) is 0 Å². The van der Waals surface area contributed by atoms with Gasteiger partial charge in [-0.1, -0.05) is 19.9 Å². The van der Waals surface area contributed by atoms with Gasteiger partial charge in [-0.25, -0.2) is 0 Å². The SMILES string of the molecule is COc1cc(C(=O)NC(c2cccs2)C(C)C)ccc1N. The standard InChI is InChI=1S/C16H20N2O2S/c1-10(2)15(14-5-4-8-21-14)18-16(19)11-6-7-12(17)13(9-11)20-3/h4-10,15H,17H2,1-3H3,(H,18,19). The number of hydrogen-bond donors (Lipinski definition) is 2. The van der Waals surface area contributed by atoms with Crippen LogP contribution in [0.1, 0.15) is 35.1 Å². The number of nitrogen functional groups attached to an aromatic ring is 1. The van der Waals surface area contributed by atoms with E-state index in [0.29, 0.717) is 22.9 Å². The Morgan fingerprint density at radius 3 is 2.67 bits per heavy atom. The number of nitrogens with one attached hydrogen (secondary N) is 1. The molecule has 0 saturated carbocycles. The molecule has 2 aromatic rings. The Morgan fingerprint density at radius 2 is 2.10 bits per heavy atom. The molecule has 0 bridgehead atoms. The fourth-order valence-corrected chi connectivity index (χ4v) is 3.06. The number of amides is 1. The molecule has 0 spiro atoms. The number of thiophene rings is 1. The van der Waals surface area contributed by atoms with Crippen LogP contribution in [0.2, 0.25) is 0 Å². The van der Waals surface area contributed by atoms with E-state index >= 15 is 0 Å². The maximum atomic E-state index is 12.4. The third kappa shape index (κ3) is 3.55. The molecule has 1 atom stereocenters. The van der Waals surface area contributed by atoms with Gasteiger partial charge in [-0.2, -0.15) is 0 Å². The quantitative estimate of drug-likeness (QED) is 0.831. The first-order valence-corrected chi connectivity index (χ1v) is 7.68. The van der Waals surface area contributed by atoms with Crippen LogP contribution in [0.4, 0.5) is 5.69 Å². The Kier molecular flexibility index (Phi) is 4.85. The molecule has 1 heterocycles. The van der Waals surface area contributed by atoms with Crippen LogP contribution in [0.3, 0.4) is 0 Å². The van der Waals surface area contributed by atoms with Crippen molar-refractivity contribution in [2.75, 3.05) is 12.8 Å². The lowest BCUT2D eigenvalue weighted by Gasteiger charge is -2.21. The van der Waals surface area contributed by atoms with Gasteiger partial charge in [0.25, 0.3) is 5.91 Å². The Morgan fingerprint density at radius 1 is 1.33 bits per heavy atom. The number of carbonyl (C=O) groups excluding carboxylic acids is 1. The van der Waals surface area contributed by atoms with E-state index < -0.39 is 0 Å². The molecule has 0 fully saturated rings.